The molecule has 2 unspecified atom stereocenters. The van der Waals surface area contributed by atoms with Crippen LogP contribution in [0.15, 0.2) is 0 Å². The van der Waals surface area contributed by atoms with Crippen LogP contribution in [-0.2, 0) is 4.79 Å². The average molecular weight is 224 g/mol. The summed E-state index contributed by atoms with van der Waals surface area (Å²) in [4.78, 5) is 12.1. The number of nitrogens with two attached hydrogens (primary N) is 1. The van der Waals surface area contributed by atoms with Crippen LogP contribution < -0.4 is 11.1 Å². The molecular formula is C13H24N2O. The second kappa shape index (κ2) is 4.36. The molecule has 2 rings (SSSR count). The fourth-order valence-corrected chi connectivity index (χ4v) is 2.79. The van der Waals surface area contributed by atoms with E-state index in [1.165, 1.54) is 12.8 Å². The van der Waals surface area contributed by atoms with Crippen molar-refractivity contribution in [1.82, 2.24) is 5.32 Å². The minimum absolute atomic E-state index is 0.0153. The highest BCUT2D eigenvalue weighted by atomic mass is 16.2. The van der Waals surface area contributed by atoms with Crippen molar-refractivity contribution in [3.05, 3.63) is 0 Å². The maximum atomic E-state index is 12.1. The molecule has 2 fully saturated rings. The predicted octanol–water partition coefficient (Wildman–Crippen LogP) is 1.81. The summed E-state index contributed by atoms with van der Waals surface area (Å²) in [5.41, 5.74) is 5.90. The van der Waals surface area contributed by atoms with Gasteiger partial charge in [0.05, 0.1) is 0 Å². The van der Waals surface area contributed by atoms with Gasteiger partial charge >= 0.3 is 0 Å². The highest BCUT2D eigenvalue weighted by molar-refractivity contribution is 5.79. The van der Waals surface area contributed by atoms with Gasteiger partial charge in [0.2, 0.25) is 5.91 Å². The van der Waals surface area contributed by atoms with E-state index in [2.05, 4.69) is 19.2 Å². The molecule has 0 aromatic heterocycles. The Balaban J connectivity index is 1.86. The number of hydrogen-bond acceptors (Lipinski definition) is 2. The van der Waals surface area contributed by atoms with Crippen LogP contribution in [0.25, 0.3) is 0 Å². The van der Waals surface area contributed by atoms with E-state index in [0.717, 1.165) is 25.7 Å². The SMILES string of the molecule is CC(C)(NC(=O)C1CCCC(N)C1)C1CC1. The van der Waals surface area contributed by atoms with Gasteiger partial charge in [0, 0.05) is 17.5 Å². The highest BCUT2D eigenvalue weighted by Crippen LogP contribution is 2.39. The van der Waals surface area contributed by atoms with E-state index >= 15 is 0 Å². The third kappa shape index (κ3) is 2.76. The van der Waals surface area contributed by atoms with Gasteiger partial charge in [0.1, 0.15) is 0 Å². The fourth-order valence-electron chi connectivity index (χ4n) is 2.79. The number of carbonyl (C=O) groups is 1. The summed E-state index contributed by atoms with van der Waals surface area (Å²) >= 11 is 0. The molecule has 0 radical (unpaired) electrons. The molecule has 0 saturated heterocycles. The molecule has 3 nitrogen and oxygen atoms in total. The Morgan fingerprint density at radius 1 is 1.25 bits per heavy atom. The molecule has 0 aromatic carbocycles. The summed E-state index contributed by atoms with van der Waals surface area (Å²) in [5, 5.41) is 3.21. The molecule has 0 aromatic rings. The highest BCUT2D eigenvalue weighted by Gasteiger charge is 2.40. The summed E-state index contributed by atoms with van der Waals surface area (Å²) in [5.74, 6) is 1.07. The number of nitrogens with one attached hydrogen (secondary N) is 1. The van der Waals surface area contributed by atoms with Crippen molar-refractivity contribution in [2.75, 3.05) is 0 Å². The van der Waals surface area contributed by atoms with Crippen molar-refractivity contribution in [3.63, 3.8) is 0 Å². The molecule has 0 aliphatic heterocycles. The molecule has 0 spiro atoms. The van der Waals surface area contributed by atoms with Gasteiger partial charge in [-0.15, -0.1) is 0 Å². The van der Waals surface area contributed by atoms with Crippen LogP contribution >= 0.6 is 0 Å². The lowest BCUT2D eigenvalue weighted by Gasteiger charge is -2.31. The first-order valence-corrected chi connectivity index (χ1v) is 6.56. The summed E-state index contributed by atoms with van der Waals surface area (Å²) in [7, 11) is 0. The van der Waals surface area contributed by atoms with Gasteiger partial charge in [-0.3, -0.25) is 4.79 Å². The first-order valence-electron chi connectivity index (χ1n) is 6.56. The van der Waals surface area contributed by atoms with Crippen LogP contribution in [0.4, 0.5) is 0 Å². The maximum Gasteiger partial charge on any atom is 0.223 e. The maximum absolute atomic E-state index is 12.1. The van der Waals surface area contributed by atoms with Gasteiger partial charge in [-0.25, -0.2) is 0 Å². The third-order valence-corrected chi connectivity index (χ3v) is 4.13. The Labute approximate surface area is 98.2 Å². The molecule has 2 aliphatic carbocycles. The third-order valence-electron chi connectivity index (χ3n) is 4.13. The number of hydrogen-bond donors (Lipinski definition) is 2. The predicted molar refractivity (Wildman–Crippen MR) is 64.9 cm³/mol. The molecule has 0 bridgehead atoms. The molecule has 16 heavy (non-hydrogen) atoms. The quantitative estimate of drug-likeness (QED) is 0.768. The van der Waals surface area contributed by atoms with Gasteiger partial charge < -0.3 is 11.1 Å². The van der Waals surface area contributed by atoms with Crippen LogP contribution in [0.2, 0.25) is 0 Å². The van der Waals surface area contributed by atoms with Crippen LogP contribution in [0.3, 0.4) is 0 Å². The number of amides is 1. The van der Waals surface area contributed by atoms with E-state index in [9.17, 15) is 4.79 Å². The Morgan fingerprint density at radius 3 is 2.50 bits per heavy atom. The smallest absolute Gasteiger partial charge is 0.223 e. The summed E-state index contributed by atoms with van der Waals surface area (Å²) in [6, 6.07) is 0.230. The molecule has 0 heterocycles. The summed E-state index contributed by atoms with van der Waals surface area (Å²) in [6.45, 7) is 4.29. The molecule has 2 aliphatic rings. The average Bonchev–Trinajstić information content (AvgIpc) is 3.00. The van der Waals surface area contributed by atoms with E-state index in [4.69, 9.17) is 5.73 Å². The Kier molecular flexibility index (Phi) is 3.24. The van der Waals surface area contributed by atoms with Crippen molar-refractivity contribution in [2.45, 2.75) is 64.0 Å². The topological polar surface area (TPSA) is 55.1 Å². The Bertz CT molecular complexity index is 271. The zero-order chi connectivity index (χ0) is 11.8. The largest absolute Gasteiger partial charge is 0.351 e. The molecule has 3 N–H and O–H groups in total. The van der Waals surface area contributed by atoms with Crippen molar-refractivity contribution in [3.8, 4) is 0 Å². The Hall–Kier alpha value is -0.570. The Morgan fingerprint density at radius 2 is 1.94 bits per heavy atom. The van der Waals surface area contributed by atoms with E-state index < -0.39 is 0 Å². The zero-order valence-electron chi connectivity index (χ0n) is 10.5. The molecule has 2 atom stereocenters. The molecular weight excluding hydrogens is 200 g/mol. The van der Waals surface area contributed by atoms with Crippen molar-refractivity contribution in [1.29, 1.82) is 0 Å². The van der Waals surface area contributed by atoms with E-state index in [1.54, 1.807) is 0 Å². The van der Waals surface area contributed by atoms with Crippen LogP contribution in [0, 0.1) is 11.8 Å². The lowest BCUT2D eigenvalue weighted by atomic mass is 9.84. The number of rotatable bonds is 3. The van der Waals surface area contributed by atoms with Crippen LogP contribution in [0.5, 0.6) is 0 Å². The fraction of sp³-hybridized carbons (Fsp3) is 0.923. The van der Waals surface area contributed by atoms with Crippen LogP contribution in [-0.4, -0.2) is 17.5 Å². The van der Waals surface area contributed by atoms with Crippen molar-refractivity contribution >= 4 is 5.91 Å². The second-order valence-electron chi connectivity index (χ2n) is 6.11. The van der Waals surface area contributed by atoms with E-state index in [0.29, 0.717) is 5.92 Å². The monoisotopic (exact) mass is 224 g/mol. The van der Waals surface area contributed by atoms with Crippen molar-refractivity contribution in [2.24, 2.45) is 17.6 Å². The lowest BCUT2D eigenvalue weighted by Crippen LogP contribution is -2.49. The van der Waals surface area contributed by atoms with E-state index in [-0.39, 0.29) is 23.4 Å². The first-order chi connectivity index (χ1) is 7.49. The molecule has 3 heteroatoms. The standard InChI is InChI=1S/C13H24N2O/c1-13(2,10-6-7-10)15-12(16)9-4-3-5-11(14)8-9/h9-11H,3-8,14H2,1-2H3,(H,15,16). The first kappa shape index (κ1) is 11.9. The zero-order valence-corrected chi connectivity index (χ0v) is 10.5. The van der Waals surface area contributed by atoms with Gasteiger partial charge in [-0.05, 0) is 51.9 Å². The van der Waals surface area contributed by atoms with Crippen molar-refractivity contribution < 1.29 is 4.79 Å². The molecule has 2 saturated carbocycles. The van der Waals surface area contributed by atoms with E-state index in [1.807, 2.05) is 0 Å². The van der Waals surface area contributed by atoms with Gasteiger partial charge in [0.15, 0.2) is 0 Å². The van der Waals surface area contributed by atoms with Gasteiger partial charge in [-0.1, -0.05) is 6.42 Å². The minimum Gasteiger partial charge on any atom is -0.351 e. The minimum atomic E-state index is -0.0153. The summed E-state index contributed by atoms with van der Waals surface area (Å²) in [6.07, 6.45) is 6.58. The van der Waals surface area contributed by atoms with Gasteiger partial charge in [-0.2, -0.15) is 0 Å². The summed E-state index contributed by atoms with van der Waals surface area (Å²) < 4.78 is 0. The second-order valence-corrected chi connectivity index (χ2v) is 6.11. The molecule has 92 valence electrons. The van der Waals surface area contributed by atoms with Crippen LogP contribution in [0.1, 0.15) is 52.4 Å². The lowest BCUT2D eigenvalue weighted by molar-refractivity contribution is -0.128. The number of carbonyl (C=O) groups excluding carboxylic acids is 1. The van der Waals surface area contributed by atoms with Gasteiger partial charge in [0.25, 0.3) is 0 Å². The normalized spacial score (nSPS) is 31.2. The molecule has 1 amide bonds.